The third-order valence-corrected chi connectivity index (χ3v) is 4.98. The monoisotopic (exact) mass is 375 g/mol. The molecule has 0 unspecified atom stereocenters. The van der Waals surface area contributed by atoms with Crippen LogP contribution in [0.5, 0.6) is 5.75 Å². The van der Waals surface area contributed by atoms with E-state index in [9.17, 15) is 9.59 Å². The summed E-state index contributed by atoms with van der Waals surface area (Å²) in [4.78, 5) is 24.8. The average molecular weight is 375 g/mol. The third-order valence-electron chi connectivity index (χ3n) is 4.98. The van der Waals surface area contributed by atoms with Crippen LogP contribution in [0, 0.1) is 0 Å². The summed E-state index contributed by atoms with van der Waals surface area (Å²) in [5.74, 6) is -0.135. The maximum Gasteiger partial charge on any atom is 0.251 e. The first-order valence-electron chi connectivity index (χ1n) is 9.06. The van der Waals surface area contributed by atoms with Crippen molar-refractivity contribution < 1.29 is 14.3 Å². The van der Waals surface area contributed by atoms with Crippen LogP contribution in [0.3, 0.4) is 0 Å². The number of nitrogens with one attached hydrogen (secondary N) is 2. The van der Waals surface area contributed by atoms with Crippen molar-refractivity contribution in [3.8, 4) is 5.75 Å². The number of nitrogens with two attached hydrogens (primary N) is 1. The van der Waals surface area contributed by atoms with Crippen LogP contribution in [0.1, 0.15) is 12.5 Å². The number of benzene rings is 3. The zero-order valence-corrected chi connectivity index (χ0v) is 15.4. The lowest BCUT2D eigenvalue weighted by Crippen LogP contribution is -2.72. The summed E-state index contributed by atoms with van der Waals surface area (Å²) < 4.78 is 5.72. The van der Waals surface area contributed by atoms with Crippen molar-refractivity contribution in [1.29, 1.82) is 0 Å². The summed E-state index contributed by atoms with van der Waals surface area (Å²) in [5, 5.41) is 7.43. The number of fused-ring (bicyclic) bond motifs is 1. The Hall–Kier alpha value is -3.38. The Balaban J connectivity index is 1.50. The highest BCUT2D eigenvalue weighted by Gasteiger charge is 2.45. The number of hydrogen-bond donors (Lipinski definition) is 3. The fourth-order valence-electron chi connectivity index (χ4n) is 3.17. The van der Waals surface area contributed by atoms with E-state index < -0.39 is 23.7 Å². The van der Waals surface area contributed by atoms with Crippen LogP contribution in [0.2, 0.25) is 0 Å². The molecule has 3 atom stereocenters. The second-order valence-corrected chi connectivity index (χ2v) is 7.08. The molecule has 142 valence electrons. The number of rotatable bonds is 5. The minimum atomic E-state index is -1.29. The zero-order valence-electron chi connectivity index (χ0n) is 15.4. The Kier molecular flexibility index (Phi) is 4.49. The molecule has 0 spiro atoms. The van der Waals surface area contributed by atoms with E-state index >= 15 is 0 Å². The van der Waals surface area contributed by atoms with E-state index in [1.165, 1.54) is 0 Å². The van der Waals surface area contributed by atoms with Gasteiger partial charge in [-0.2, -0.15) is 0 Å². The number of amides is 2. The standard InChI is InChI=1S/C22H21N3O3/c1-22(23,16-12-11-14-7-5-6-8-15(14)13-16)21(27)24-18-19(26)25-20(18)28-17-9-3-2-4-10-17/h2-13,18,20H,23H2,1H3,(H,24,27)(H,25,26)/t18-,20+,22+/m1/s1. The van der Waals surface area contributed by atoms with Crippen molar-refractivity contribution in [3.05, 3.63) is 78.4 Å². The van der Waals surface area contributed by atoms with E-state index in [4.69, 9.17) is 10.5 Å². The van der Waals surface area contributed by atoms with Gasteiger partial charge in [0.05, 0.1) is 0 Å². The molecule has 0 aromatic heterocycles. The third kappa shape index (κ3) is 3.30. The number of β-lactam (4-membered cyclic amide) rings is 1. The molecule has 1 saturated heterocycles. The number of para-hydroxylation sites is 1. The van der Waals surface area contributed by atoms with Gasteiger partial charge in [0.2, 0.25) is 12.1 Å². The number of carbonyl (C=O) groups excluding carboxylic acids is 2. The largest absolute Gasteiger partial charge is 0.468 e. The maximum atomic E-state index is 12.9. The van der Waals surface area contributed by atoms with Crippen molar-refractivity contribution >= 4 is 22.6 Å². The molecule has 1 aliphatic rings. The molecule has 1 heterocycles. The van der Waals surface area contributed by atoms with Crippen LogP contribution >= 0.6 is 0 Å². The van der Waals surface area contributed by atoms with Gasteiger partial charge in [-0.3, -0.25) is 9.59 Å². The zero-order chi connectivity index (χ0) is 19.7. The maximum absolute atomic E-state index is 12.9. The van der Waals surface area contributed by atoms with Crippen molar-refractivity contribution in [3.63, 3.8) is 0 Å². The van der Waals surface area contributed by atoms with Crippen molar-refractivity contribution in [2.24, 2.45) is 5.73 Å². The molecular formula is C22H21N3O3. The van der Waals surface area contributed by atoms with Gasteiger partial charge < -0.3 is 21.1 Å². The van der Waals surface area contributed by atoms with E-state index in [1.807, 2.05) is 60.7 Å². The lowest BCUT2D eigenvalue weighted by molar-refractivity contribution is -0.144. The van der Waals surface area contributed by atoms with Crippen LogP contribution in [0.4, 0.5) is 0 Å². The molecule has 4 rings (SSSR count). The average Bonchev–Trinajstić information content (AvgIpc) is 2.72. The lowest BCUT2D eigenvalue weighted by atomic mass is 9.89. The molecule has 0 aliphatic carbocycles. The predicted molar refractivity (Wildman–Crippen MR) is 106 cm³/mol. The van der Waals surface area contributed by atoms with Gasteiger partial charge in [0.15, 0.2) is 6.04 Å². The highest BCUT2D eigenvalue weighted by molar-refractivity contribution is 5.96. The van der Waals surface area contributed by atoms with Gasteiger partial charge in [0, 0.05) is 0 Å². The molecule has 3 aromatic rings. The van der Waals surface area contributed by atoms with Gasteiger partial charge >= 0.3 is 0 Å². The Bertz CT molecular complexity index is 1030. The van der Waals surface area contributed by atoms with Gasteiger partial charge in [-0.15, -0.1) is 0 Å². The molecule has 0 radical (unpaired) electrons. The minimum Gasteiger partial charge on any atom is -0.468 e. The predicted octanol–water partition coefficient (Wildman–Crippen LogP) is 2.03. The number of hydrogen-bond acceptors (Lipinski definition) is 4. The van der Waals surface area contributed by atoms with E-state index in [0.717, 1.165) is 10.8 Å². The first kappa shape index (κ1) is 18.0. The van der Waals surface area contributed by atoms with E-state index in [1.54, 1.807) is 19.1 Å². The van der Waals surface area contributed by atoms with Crippen molar-refractivity contribution in [1.82, 2.24) is 10.6 Å². The van der Waals surface area contributed by atoms with Gasteiger partial charge in [-0.05, 0) is 41.5 Å². The summed E-state index contributed by atoms with van der Waals surface area (Å²) in [5.41, 5.74) is 5.73. The lowest BCUT2D eigenvalue weighted by Gasteiger charge is -2.38. The van der Waals surface area contributed by atoms with Gasteiger partial charge in [0.25, 0.3) is 5.91 Å². The highest BCUT2D eigenvalue weighted by atomic mass is 16.5. The van der Waals surface area contributed by atoms with Crippen LogP contribution in [0.15, 0.2) is 72.8 Å². The SMILES string of the molecule is C[C@@](N)(C(=O)N[C@@H]1C(=O)N[C@H]1Oc1ccccc1)c1ccc2ccccc2c1. The molecule has 28 heavy (non-hydrogen) atoms. The van der Waals surface area contributed by atoms with Gasteiger partial charge in [-0.25, -0.2) is 0 Å². The first-order chi connectivity index (χ1) is 13.4. The first-order valence-corrected chi connectivity index (χ1v) is 9.06. The number of ether oxygens (including phenoxy) is 1. The topological polar surface area (TPSA) is 93.5 Å². The van der Waals surface area contributed by atoms with Crippen LogP contribution in [0.25, 0.3) is 10.8 Å². The van der Waals surface area contributed by atoms with Crippen molar-refractivity contribution in [2.75, 3.05) is 0 Å². The highest BCUT2D eigenvalue weighted by Crippen LogP contribution is 2.24. The fraction of sp³-hybridized carbons (Fsp3) is 0.182. The molecular weight excluding hydrogens is 354 g/mol. The summed E-state index contributed by atoms with van der Waals surface area (Å²) in [6.07, 6.45) is -0.633. The van der Waals surface area contributed by atoms with Gasteiger partial charge in [0.1, 0.15) is 11.3 Å². The van der Waals surface area contributed by atoms with Gasteiger partial charge in [-0.1, -0.05) is 54.6 Å². The number of carbonyl (C=O) groups is 2. The Morgan fingerprint density at radius 3 is 2.43 bits per heavy atom. The molecule has 2 amide bonds. The molecule has 6 nitrogen and oxygen atoms in total. The quantitative estimate of drug-likeness (QED) is 0.595. The summed E-state index contributed by atoms with van der Waals surface area (Å²) in [7, 11) is 0. The van der Waals surface area contributed by atoms with Crippen LogP contribution < -0.4 is 21.1 Å². The fourth-order valence-corrected chi connectivity index (χ4v) is 3.17. The minimum absolute atomic E-state index is 0.302. The van der Waals surface area contributed by atoms with E-state index in [0.29, 0.717) is 11.3 Å². The molecule has 0 saturated carbocycles. The Labute approximate surface area is 162 Å². The van der Waals surface area contributed by atoms with E-state index in [-0.39, 0.29) is 5.91 Å². The molecule has 6 heteroatoms. The molecule has 4 N–H and O–H groups in total. The second-order valence-electron chi connectivity index (χ2n) is 7.08. The van der Waals surface area contributed by atoms with Crippen LogP contribution in [-0.2, 0) is 15.1 Å². The summed E-state index contributed by atoms with van der Waals surface area (Å²) in [6.45, 7) is 1.63. The molecule has 1 aliphatic heterocycles. The Morgan fingerprint density at radius 1 is 1.04 bits per heavy atom. The normalized spacial score (nSPS) is 20.6. The smallest absolute Gasteiger partial charge is 0.251 e. The van der Waals surface area contributed by atoms with Crippen LogP contribution in [-0.4, -0.2) is 24.1 Å². The summed E-state index contributed by atoms with van der Waals surface area (Å²) in [6, 6.07) is 21.8. The molecule has 1 fully saturated rings. The Morgan fingerprint density at radius 2 is 1.71 bits per heavy atom. The van der Waals surface area contributed by atoms with E-state index in [2.05, 4.69) is 10.6 Å². The second kappa shape index (κ2) is 6.98. The molecule has 3 aromatic carbocycles. The van der Waals surface area contributed by atoms with Crippen molar-refractivity contribution in [2.45, 2.75) is 24.7 Å². The molecule has 0 bridgehead atoms. The summed E-state index contributed by atoms with van der Waals surface area (Å²) >= 11 is 0.